The van der Waals surface area contributed by atoms with Gasteiger partial charge in [0.2, 0.25) is 5.91 Å². The molecule has 0 unspecified atom stereocenters. The molecule has 4 rings (SSSR count). The third kappa shape index (κ3) is 3.63. The number of para-hydroxylation sites is 1. The largest absolute Gasteiger partial charge is 0.355 e. The van der Waals surface area contributed by atoms with Gasteiger partial charge in [0.15, 0.2) is 11.5 Å². The number of hydrogen-bond donors (Lipinski definition) is 0. The Kier molecular flexibility index (Phi) is 5.00. The van der Waals surface area contributed by atoms with Gasteiger partial charge in [0.1, 0.15) is 5.82 Å². The third-order valence-electron chi connectivity index (χ3n) is 4.99. The van der Waals surface area contributed by atoms with E-state index in [1.807, 2.05) is 49.4 Å². The minimum absolute atomic E-state index is 0.0798. The van der Waals surface area contributed by atoms with Crippen molar-refractivity contribution in [2.75, 3.05) is 29.4 Å². The van der Waals surface area contributed by atoms with Crippen LogP contribution in [0, 0.1) is 0 Å². The lowest BCUT2D eigenvalue weighted by Crippen LogP contribution is -2.30. The summed E-state index contributed by atoms with van der Waals surface area (Å²) in [5.41, 5.74) is 1.64. The summed E-state index contributed by atoms with van der Waals surface area (Å²) in [6.45, 7) is 4.70. The van der Waals surface area contributed by atoms with Gasteiger partial charge in [-0.05, 0) is 44.0 Å². The Morgan fingerprint density at radius 2 is 1.85 bits per heavy atom. The first-order valence-corrected chi connectivity index (χ1v) is 9.58. The topological polar surface area (TPSA) is 66.6 Å². The van der Waals surface area contributed by atoms with E-state index >= 15 is 0 Å². The molecule has 7 nitrogen and oxygen atoms in total. The molecule has 1 aliphatic rings. The summed E-state index contributed by atoms with van der Waals surface area (Å²) in [6.07, 6.45) is 3.30. The van der Waals surface area contributed by atoms with Crippen LogP contribution in [0.2, 0.25) is 0 Å². The predicted octanol–water partition coefficient (Wildman–Crippen LogP) is 2.71. The average Bonchev–Trinajstić information content (AvgIpc) is 3.37. The molecule has 1 amide bonds. The smallest absolute Gasteiger partial charge is 0.227 e. The number of fused-ring (bicyclic) bond motifs is 1. The molecule has 3 heterocycles. The zero-order chi connectivity index (χ0) is 18.6. The molecule has 0 N–H and O–H groups in total. The van der Waals surface area contributed by atoms with Crippen molar-refractivity contribution in [3.63, 3.8) is 0 Å². The van der Waals surface area contributed by atoms with Crippen LogP contribution in [0.4, 0.5) is 11.5 Å². The van der Waals surface area contributed by atoms with Crippen molar-refractivity contribution in [1.29, 1.82) is 0 Å². The molecule has 0 aliphatic carbocycles. The highest BCUT2D eigenvalue weighted by Crippen LogP contribution is 2.19. The van der Waals surface area contributed by atoms with E-state index in [0.29, 0.717) is 19.4 Å². The molecular formula is C20H24N6O. The standard InChI is InChI=1S/C20H24N6O/c1-2-25(16-8-4-3-5-9-16)20(27)13-12-18-22-21-17-10-11-19(23-26(17)18)24-14-6-7-15-24/h3-5,8-11H,2,6-7,12-15H2,1H3. The van der Waals surface area contributed by atoms with E-state index < -0.39 is 0 Å². The predicted molar refractivity (Wildman–Crippen MR) is 105 cm³/mol. The molecule has 2 aromatic heterocycles. The van der Waals surface area contributed by atoms with Gasteiger partial charge in [0.25, 0.3) is 0 Å². The Balaban J connectivity index is 1.49. The molecule has 3 aromatic rings. The Bertz CT molecular complexity index is 917. The number of anilines is 2. The molecule has 7 heteroatoms. The Morgan fingerprint density at radius 1 is 1.07 bits per heavy atom. The van der Waals surface area contributed by atoms with Gasteiger partial charge in [-0.15, -0.1) is 15.3 Å². The van der Waals surface area contributed by atoms with Crippen LogP contribution in [0.1, 0.15) is 32.0 Å². The van der Waals surface area contributed by atoms with Gasteiger partial charge < -0.3 is 9.80 Å². The van der Waals surface area contributed by atoms with Crippen molar-refractivity contribution >= 4 is 23.1 Å². The molecule has 27 heavy (non-hydrogen) atoms. The Morgan fingerprint density at radius 3 is 2.59 bits per heavy atom. The first-order chi connectivity index (χ1) is 13.3. The molecule has 0 atom stereocenters. The average molecular weight is 364 g/mol. The minimum atomic E-state index is 0.0798. The van der Waals surface area contributed by atoms with Gasteiger partial charge in [-0.2, -0.15) is 4.52 Å². The number of carbonyl (C=O) groups excluding carboxylic acids is 1. The molecular weight excluding hydrogens is 340 g/mol. The number of amides is 1. The molecule has 1 fully saturated rings. The van der Waals surface area contributed by atoms with Crippen molar-refractivity contribution in [2.24, 2.45) is 0 Å². The van der Waals surface area contributed by atoms with Gasteiger partial charge in [-0.25, -0.2) is 0 Å². The monoisotopic (exact) mass is 364 g/mol. The van der Waals surface area contributed by atoms with Crippen LogP contribution in [0.25, 0.3) is 5.65 Å². The van der Waals surface area contributed by atoms with Crippen LogP contribution in [0.15, 0.2) is 42.5 Å². The molecule has 1 aliphatic heterocycles. The summed E-state index contributed by atoms with van der Waals surface area (Å²) < 4.78 is 1.78. The Hall–Kier alpha value is -2.96. The minimum Gasteiger partial charge on any atom is -0.355 e. The second-order valence-electron chi connectivity index (χ2n) is 6.75. The van der Waals surface area contributed by atoms with Gasteiger partial charge in [-0.3, -0.25) is 4.79 Å². The normalized spacial score (nSPS) is 14.0. The maximum atomic E-state index is 12.7. The third-order valence-corrected chi connectivity index (χ3v) is 4.99. The molecule has 0 spiro atoms. The van der Waals surface area contributed by atoms with Gasteiger partial charge >= 0.3 is 0 Å². The van der Waals surface area contributed by atoms with Crippen molar-refractivity contribution in [3.05, 3.63) is 48.3 Å². The second-order valence-corrected chi connectivity index (χ2v) is 6.75. The fourth-order valence-electron chi connectivity index (χ4n) is 3.56. The molecule has 0 saturated carbocycles. The lowest BCUT2D eigenvalue weighted by Gasteiger charge is -2.20. The summed E-state index contributed by atoms with van der Waals surface area (Å²) in [6, 6.07) is 13.7. The molecule has 140 valence electrons. The SMILES string of the molecule is CCN(C(=O)CCc1nnc2ccc(N3CCCC3)nn12)c1ccccc1. The summed E-state index contributed by atoms with van der Waals surface area (Å²) in [4.78, 5) is 16.8. The number of aryl methyl sites for hydroxylation is 1. The van der Waals surface area contributed by atoms with Crippen molar-refractivity contribution < 1.29 is 4.79 Å². The van der Waals surface area contributed by atoms with Crippen LogP contribution in [-0.4, -0.2) is 45.4 Å². The number of nitrogens with zero attached hydrogens (tertiary/aromatic N) is 6. The van der Waals surface area contributed by atoms with Gasteiger partial charge in [0.05, 0.1) is 0 Å². The van der Waals surface area contributed by atoms with E-state index in [2.05, 4.69) is 15.1 Å². The highest BCUT2D eigenvalue weighted by atomic mass is 16.2. The van der Waals surface area contributed by atoms with Crippen molar-refractivity contribution in [3.8, 4) is 0 Å². The summed E-state index contributed by atoms with van der Waals surface area (Å²) in [5.74, 6) is 1.76. The number of carbonyl (C=O) groups is 1. The summed E-state index contributed by atoms with van der Waals surface area (Å²) in [5, 5.41) is 13.2. The van der Waals surface area contributed by atoms with E-state index in [4.69, 9.17) is 5.10 Å². The van der Waals surface area contributed by atoms with E-state index in [1.54, 1.807) is 9.42 Å². The number of aromatic nitrogens is 4. The highest BCUT2D eigenvalue weighted by molar-refractivity contribution is 5.93. The van der Waals surface area contributed by atoms with E-state index in [-0.39, 0.29) is 5.91 Å². The maximum Gasteiger partial charge on any atom is 0.227 e. The number of rotatable bonds is 6. The van der Waals surface area contributed by atoms with E-state index in [9.17, 15) is 4.79 Å². The lowest BCUT2D eigenvalue weighted by atomic mass is 10.2. The zero-order valence-electron chi connectivity index (χ0n) is 15.6. The molecule has 0 radical (unpaired) electrons. The van der Waals surface area contributed by atoms with Gasteiger partial charge in [-0.1, -0.05) is 18.2 Å². The fourth-order valence-corrected chi connectivity index (χ4v) is 3.56. The van der Waals surface area contributed by atoms with Crippen LogP contribution in [0.3, 0.4) is 0 Å². The first kappa shape index (κ1) is 17.5. The van der Waals surface area contributed by atoms with Crippen LogP contribution in [-0.2, 0) is 11.2 Å². The van der Waals surface area contributed by atoms with Crippen LogP contribution in [0.5, 0.6) is 0 Å². The lowest BCUT2D eigenvalue weighted by molar-refractivity contribution is -0.118. The second kappa shape index (κ2) is 7.73. The highest BCUT2D eigenvalue weighted by Gasteiger charge is 2.18. The first-order valence-electron chi connectivity index (χ1n) is 9.58. The van der Waals surface area contributed by atoms with Crippen molar-refractivity contribution in [1.82, 2.24) is 19.8 Å². The van der Waals surface area contributed by atoms with E-state index in [0.717, 1.165) is 36.1 Å². The molecule has 1 aromatic carbocycles. The quantitative estimate of drug-likeness (QED) is 0.673. The Labute approximate surface area is 158 Å². The van der Waals surface area contributed by atoms with Crippen LogP contribution >= 0.6 is 0 Å². The fraction of sp³-hybridized carbons (Fsp3) is 0.400. The zero-order valence-corrected chi connectivity index (χ0v) is 15.6. The number of hydrogen-bond acceptors (Lipinski definition) is 5. The summed E-state index contributed by atoms with van der Waals surface area (Å²) in [7, 11) is 0. The maximum absolute atomic E-state index is 12.7. The van der Waals surface area contributed by atoms with Crippen molar-refractivity contribution in [2.45, 2.75) is 32.6 Å². The number of benzene rings is 1. The summed E-state index contributed by atoms with van der Waals surface area (Å²) >= 11 is 0. The van der Waals surface area contributed by atoms with E-state index in [1.165, 1.54) is 12.8 Å². The molecule has 0 bridgehead atoms. The molecule has 1 saturated heterocycles. The van der Waals surface area contributed by atoms with Gasteiger partial charge in [0, 0.05) is 38.2 Å². The van der Waals surface area contributed by atoms with Crippen LogP contribution < -0.4 is 9.80 Å².